The van der Waals surface area contributed by atoms with Gasteiger partial charge in [-0.2, -0.15) is 10.0 Å². The number of amidine groups is 2. The van der Waals surface area contributed by atoms with Crippen molar-refractivity contribution in [3.63, 3.8) is 0 Å². The van der Waals surface area contributed by atoms with E-state index in [-0.39, 0.29) is 21.0 Å². The number of nitrogens with zero attached hydrogens (tertiary/aromatic N) is 3. The van der Waals surface area contributed by atoms with Crippen molar-refractivity contribution in [3.05, 3.63) is 64.2 Å². The van der Waals surface area contributed by atoms with Gasteiger partial charge >= 0.3 is 0 Å². The minimum absolute atomic E-state index is 0.00294. The monoisotopic (exact) mass is 518 g/mol. The Balaban J connectivity index is 1.38. The number of nitrogens with one attached hydrogen (secondary N) is 1. The van der Waals surface area contributed by atoms with Gasteiger partial charge in [-0.25, -0.2) is 8.42 Å². The fourth-order valence-corrected chi connectivity index (χ4v) is 4.78. The number of ether oxygens (including phenoxy) is 2. The fourth-order valence-electron chi connectivity index (χ4n) is 2.98. The molecule has 0 unspecified atom stereocenters. The van der Waals surface area contributed by atoms with E-state index in [2.05, 4.69) is 10.1 Å². The molecule has 0 spiro atoms. The van der Waals surface area contributed by atoms with Crippen LogP contribution in [-0.4, -0.2) is 54.2 Å². The lowest BCUT2D eigenvalue weighted by molar-refractivity contribution is -0.114. The van der Waals surface area contributed by atoms with Gasteiger partial charge in [0.05, 0.1) is 5.57 Å². The number of hydrogen-bond donors (Lipinski definition) is 1. The molecule has 4 rings (SSSR count). The van der Waals surface area contributed by atoms with E-state index >= 15 is 0 Å². The summed E-state index contributed by atoms with van der Waals surface area (Å²) in [5.41, 5.74) is 1.58. The molecule has 1 amide bonds. The van der Waals surface area contributed by atoms with Gasteiger partial charge in [-0.3, -0.25) is 10.2 Å². The van der Waals surface area contributed by atoms with Crippen LogP contribution >= 0.6 is 23.4 Å². The summed E-state index contributed by atoms with van der Waals surface area (Å²) >= 11 is 6.75. The van der Waals surface area contributed by atoms with Crippen LogP contribution in [0.15, 0.2) is 58.1 Å². The normalized spacial score (nSPS) is 16.9. The summed E-state index contributed by atoms with van der Waals surface area (Å²) < 4.78 is 34.6. The Kier molecular flexibility index (Phi) is 6.78. The Morgan fingerprint density at radius 1 is 1.12 bits per heavy atom. The van der Waals surface area contributed by atoms with E-state index in [4.69, 9.17) is 26.5 Å². The predicted molar refractivity (Wildman–Crippen MR) is 133 cm³/mol. The number of carbonyl (C=O) groups excluding carboxylic acids is 1. The molecule has 0 atom stereocenters. The van der Waals surface area contributed by atoms with Crippen molar-refractivity contribution in [3.8, 4) is 11.5 Å². The first-order chi connectivity index (χ1) is 16.1. The van der Waals surface area contributed by atoms with Gasteiger partial charge in [-0.15, -0.1) is 5.10 Å². The molecule has 0 aromatic heterocycles. The summed E-state index contributed by atoms with van der Waals surface area (Å²) in [6.45, 7) is 2.58. The van der Waals surface area contributed by atoms with Crippen molar-refractivity contribution >= 4 is 60.6 Å². The van der Waals surface area contributed by atoms with Crippen LogP contribution < -0.4 is 9.47 Å². The molecule has 34 heavy (non-hydrogen) atoms. The standard InChI is InChI=1S/C22H19ClN4O5S2/c1-13-11-16(7-8-18(13)23)32-10-9-31-15-5-3-14(4-6-15)12-17-19(24)27-21(25-20(17)28)33-22(26-27)34(2,29)30/h3-8,11-12,24H,9-10H2,1-2H3/b17-12+,24-19?. The second-order valence-electron chi connectivity index (χ2n) is 7.34. The maximum atomic E-state index is 12.4. The molecular formula is C22H19ClN4O5S2. The van der Waals surface area contributed by atoms with Gasteiger partial charge in [0.15, 0.2) is 5.84 Å². The number of aliphatic imine (C=N–C) groups is 1. The molecule has 0 aliphatic carbocycles. The molecule has 1 N–H and O–H groups in total. The van der Waals surface area contributed by atoms with E-state index in [1.807, 2.05) is 13.0 Å². The molecule has 2 aliphatic heterocycles. The lowest BCUT2D eigenvalue weighted by atomic mass is 10.1. The second-order valence-corrected chi connectivity index (χ2v) is 10.9. The molecule has 2 heterocycles. The number of aryl methyl sites for hydroxylation is 1. The molecule has 0 fully saturated rings. The van der Waals surface area contributed by atoms with Crippen LogP contribution in [0, 0.1) is 12.3 Å². The second kappa shape index (κ2) is 9.61. The third-order valence-corrected chi connectivity index (χ3v) is 7.70. The Bertz CT molecular complexity index is 1370. The SMILES string of the molecule is Cc1cc(OCCOc2ccc(/C=C3\C(=N)N4N=C(S(C)(=O)=O)SC4=NC3=O)cc2)ccc1Cl. The number of thioether (sulfide) groups is 1. The van der Waals surface area contributed by atoms with Crippen LogP contribution in [0.5, 0.6) is 11.5 Å². The predicted octanol–water partition coefficient (Wildman–Crippen LogP) is 3.73. The zero-order chi connectivity index (χ0) is 24.5. The largest absolute Gasteiger partial charge is 0.490 e. The maximum absolute atomic E-state index is 12.4. The van der Waals surface area contributed by atoms with Gasteiger partial charge in [0.2, 0.25) is 19.4 Å². The summed E-state index contributed by atoms with van der Waals surface area (Å²) in [5.74, 6) is 0.448. The number of benzene rings is 2. The first-order valence-electron chi connectivity index (χ1n) is 9.94. The molecule has 0 saturated carbocycles. The zero-order valence-electron chi connectivity index (χ0n) is 18.1. The lowest BCUT2D eigenvalue weighted by Crippen LogP contribution is -2.35. The number of fused-ring (bicyclic) bond motifs is 1. The topological polar surface area (TPSA) is 121 Å². The van der Waals surface area contributed by atoms with Crippen LogP contribution in [0.2, 0.25) is 5.02 Å². The van der Waals surface area contributed by atoms with Crippen molar-refractivity contribution in [1.29, 1.82) is 5.41 Å². The number of halogens is 1. The Labute approximate surface area is 205 Å². The quantitative estimate of drug-likeness (QED) is 0.456. The molecule has 9 nitrogen and oxygen atoms in total. The summed E-state index contributed by atoms with van der Waals surface area (Å²) in [5, 5.41) is 14.0. The number of carbonyl (C=O) groups is 1. The van der Waals surface area contributed by atoms with E-state index in [0.29, 0.717) is 35.3 Å². The minimum Gasteiger partial charge on any atom is -0.490 e. The Morgan fingerprint density at radius 2 is 1.76 bits per heavy atom. The van der Waals surface area contributed by atoms with E-state index in [0.717, 1.165) is 28.6 Å². The average molecular weight is 519 g/mol. The fraction of sp³-hybridized carbons (Fsp3) is 0.182. The molecule has 12 heteroatoms. The van der Waals surface area contributed by atoms with Crippen molar-refractivity contribution in [2.75, 3.05) is 19.5 Å². The van der Waals surface area contributed by atoms with E-state index < -0.39 is 15.7 Å². The zero-order valence-corrected chi connectivity index (χ0v) is 20.5. The van der Waals surface area contributed by atoms with Gasteiger partial charge in [0, 0.05) is 11.3 Å². The molecule has 0 bridgehead atoms. The van der Waals surface area contributed by atoms with Crippen molar-refractivity contribution < 1.29 is 22.7 Å². The van der Waals surface area contributed by atoms with Gasteiger partial charge in [-0.05, 0) is 66.2 Å². The maximum Gasteiger partial charge on any atom is 0.283 e. The van der Waals surface area contributed by atoms with E-state index in [1.165, 1.54) is 6.08 Å². The van der Waals surface area contributed by atoms with Gasteiger partial charge in [0.25, 0.3) is 5.91 Å². The molecule has 2 aliphatic rings. The minimum atomic E-state index is -3.58. The highest BCUT2D eigenvalue weighted by Crippen LogP contribution is 2.30. The molecule has 2 aromatic carbocycles. The number of sulfone groups is 1. The lowest BCUT2D eigenvalue weighted by Gasteiger charge is -2.20. The highest BCUT2D eigenvalue weighted by atomic mass is 35.5. The van der Waals surface area contributed by atoms with E-state index in [9.17, 15) is 13.2 Å². The number of hydrazone groups is 1. The Morgan fingerprint density at radius 3 is 2.41 bits per heavy atom. The average Bonchev–Trinajstić information content (AvgIpc) is 3.22. The molecule has 176 valence electrons. The van der Waals surface area contributed by atoms with Gasteiger partial charge in [0.1, 0.15) is 24.7 Å². The summed E-state index contributed by atoms with van der Waals surface area (Å²) in [4.78, 5) is 16.3. The summed E-state index contributed by atoms with van der Waals surface area (Å²) in [6.07, 6.45) is 2.51. The van der Waals surface area contributed by atoms with Crippen LogP contribution in [0.3, 0.4) is 0 Å². The molecule has 2 aromatic rings. The molecule has 0 radical (unpaired) electrons. The third-order valence-electron chi connectivity index (χ3n) is 4.69. The van der Waals surface area contributed by atoms with Crippen LogP contribution in [-0.2, 0) is 14.6 Å². The van der Waals surface area contributed by atoms with Gasteiger partial charge < -0.3 is 9.47 Å². The first-order valence-corrected chi connectivity index (χ1v) is 13.0. The van der Waals surface area contributed by atoms with Crippen LogP contribution in [0.4, 0.5) is 0 Å². The highest BCUT2D eigenvalue weighted by molar-refractivity contribution is 8.42. The third kappa shape index (κ3) is 5.32. The van der Waals surface area contributed by atoms with Crippen molar-refractivity contribution in [1.82, 2.24) is 5.01 Å². The van der Waals surface area contributed by atoms with Crippen LogP contribution in [0.25, 0.3) is 6.08 Å². The van der Waals surface area contributed by atoms with E-state index in [1.54, 1.807) is 36.4 Å². The summed E-state index contributed by atoms with van der Waals surface area (Å²) in [7, 11) is -3.58. The number of hydrogen-bond acceptors (Lipinski definition) is 8. The first kappa shape index (κ1) is 24.0. The van der Waals surface area contributed by atoms with Crippen molar-refractivity contribution in [2.24, 2.45) is 10.1 Å². The molecule has 0 saturated heterocycles. The number of rotatable bonds is 6. The smallest absolute Gasteiger partial charge is 0.283 e. The number of amides is 1. The summed E-state index contributed by atoms with van der Waals surface area (Å²) in [6, 6.07) is 12.4. The van der Waals surface area contributed by atoms with Crippen LogP contribution in [0.1, 0.15) is 11.1 Å². The van der Waals surface area contributed by atoms with Gasteiger partial charge in [-0.1, -0.05) is 23.7 Å². The Hall–Kier alpha value is -3.15. The van der Waals surface area contributed by atoms with Crippen molar-refractivity contribution in [2.45, 2.75) is 6.92 Å². The highest BCUT2D eigenvalue weighted by Gasteiger charge is 2.38. The molecular weight excluding hydrogens is 500 g/mol.